The highest BCUT2D eigenvalue weighted by Crippen LogP contribution is 2.21. The van der Waals surface area contributed by atoms with Gasteiger partial charge in [-0.05, 0) is 25.0 Å². The summed E-state index contributed by atoms with van der Waals surface area (Å²) in [5, 5.41) is 2.91. The minimum Gasteiger partial charge on any atom is -0.445 e. The van der Waals surface area contributed by atoms with Gasteiger partial charge in [-0.2, -0.15) is 0 Å². The fourth-order valence-corrected chi connectivity index (χ4v) is 3.73. The van der Waals surface area contributed by atoms with Crippen molar-refractivity contribution in [2.24, 2.45) is 0 Å². The van der Waals surface area contributed by atoms with E-state index in [-0.39, 0.29) is 11.5 Å². The number of aromatic amines is 1. The first-order valence-electron chi connectivity index (χ1n) is 9.81. The van der Waals surface area contributed by atoms with Crippen LogP contribution in [0.15, 0.2) is 46.0 Å². The van der Waals surface area contributed by atoms with Crippen LogP contribution in [-0.4, -0.2) is 41.9 Å². The SMILES string of the molecule is Cc1cc2ncc(C(=O)N3CCc4oc(CCc5cccnc5)nc4C3)c(=O)n2[nH]1. The zero-order valence-corrected chi connectivity index (χ0v) is 16.5. The third-order valence-electron chi connectivity index (χ3n) is 5.26. The monoisotopic (exact) mass is 404 g/mol. The molecule has 9 heteroatoms. The molecule has 4 aromatic heterocycles. The molecule has 0 saturated heterocycles. The molecular formula is C21H20N6O3. The van der Waals surface area contributed by atoms with Crippen LogP contribution < -0.4 is 5.56 Å². The van der Waals surface area contributed by atoms with Crippen molar-refractivity contribution < 1.29 is 9.21 Å². The molecule has 30 heavy (non-hydrogen) atoms. The maximum absolute atomic E-state index is 13.0. The summed E-state index contributed by atoms with van der Waals surface area (Å²) in [5.41, 5.74) is 2.80. The van der Waals surface area contributed by atoms with Gasteiger partial charge in [-0.1, -0.05) is 6.07 Å². The van der Waals surface area contributed by atoms with Gasteiger partial charge < -0.3 is 9.32 Å². The molecule has 1 aliphatic rings. The maximum Gasteiger partial charge on any atom is 0.285 e. The molecule has 0 fully saturated rings. The Labute approximate surface area is 171 Å². The van der Waals surface area contributed by atoms with Crippen molar-refractivity contribution >= 4 is 11.6 Å². The van der Waals surface area contributed by atoms with E-state index in [1.807, 2.05) is 25.3 Å². The number of aromatic nitrogens is 5. The van der Waals surface area contributed by atoms with Gasteiger partial charge in [0, 0.05) is 49.7 Å². The molecule has 4 aromatic rings. The molecule has 0 aliphatic carbocycles. The second kappa shape index (κ2) is 7.25. The molecule has 9 nitrogen and oxygen atoms in total. The Morgan fingerprint density at radius 2 is 2.20 bits per heavy atom. The second-order valence-electron chi connectivity index (χ2n) is 7.43. The molecule has 0 bridgehead atoms. The van der Waals surface area contributed by atoms with E-state index in [1.54, 1.807) is 17.2 Å². The third-order valence-corrected chi connectivity index (χ3v) is 5.26. The number of hydrogen-bond donors (Lipinski definition) is 1. The lowest BCUT2D eigenvalue weighted by atomic mass is 10.1. The van der Waals surface area contributed by atoms with Crippen LogP contribution in [0.3, 0.4) is 0 Å². The van der Waals surface area contributed by atoms with E-state index in [9.17, 15) is 9.59 Å². The number of nitrogens with zero attached hydrogens (tertiary/aromatic N) is 5. The van der Waals surface area contributed by atoms with Crippen molar-refractivity contribution in [2.45, 2.75) is 32.7 Å². The van der Waals surface area contributed by atoms with Gasteiger partial charge in [0.1, 0.15) is 17.0 Å². The quantitative estimate of drug-likeness (QED) is 0.554. The number of aryl methyl sites for hydroxylation is 3. The summed E-state index contributed by atoms with van der Waals surface area (Å²) in [5.74, 6) is 1.12. The molecule has 0 aromatic carbocycles. The second-order valence-corrected chi connectivity index (χ2v) is 7.43. The Kier molecular flexibility index (Phi) is 4.42. The number of fused-ring (bicyclic) bond motifs is 2. The fraction of sp³-hybridized carbons (Fsp3) is 0.286. The van der Waals surface area contributed by atoms with Gasteiger partial charge in [0.05, 0.1) is 6.54 Å². The van der Waals surface area contributed by atoms with Crippen LogP contribution in [0.4, 0.5) is 0 Å². The number of oxazole rings is 1. The van der Waals surface area contributed by atoms with Crippen LogP contribution in [0, 0.1) is 6.92 Å². The largest absolute Gasteiger partial charge is 0.445 e. The summed E-state index contributed by atoms with van der Waals surface area (Å²) in [6, 6.07) is 5.68. The van der Waals surface area contributed by atoms with E-state index in [0.717, 1.165) is 29.1 Å². The Bertz CT molecular complexity index is 1290. The van der Waals surface area contributed by atoms with Gasteiger partial charge in [-0.15, -0.1) is 0 Å². The van der Waals surface area contributed by atoms with Crippen molar-refractivity contribution in [3.05, 3.63) is 81.3 Å². The zero-order valence-electron chi connectivity index (χ0n) is 16.5. The Balaban J connectivity index is 1.33. The Morgan fingerprint density at radius 3 is 3.03 bits per heavy atom. The topological polar surface area (TPSA) is 109 Å². The van der Waals surface area contributed by atoms with E-state index < -0.39 is 5.56 Å². The Morgan fingerprint density at radius 1 is 1.30 bits per heavy atom. The van der Waals surface area contributed by atoms with Crippen molar-refractivity contribution in [2.75, 3.05) is 6.54 Å². The van der Waals surface area contributed by atoms with E-state index in [2.05, 4.69) is 20.1 Å². The first-order valence-corrected chi connectivity index (χ1v) is 9.81. The average Bonchev–Trinajstić information content (AvgIpc) is 3.35. The van der Waals surface area contributed by atoms with Crippen LogP contribution in [0.1, 0.15) is 39.0 Å². The van der Waals surface area contributed by atoms with Gasteiger partial charge in [0.2, 0.25) is 0 Å². The van der Waals surface area contributed by atoms with Gasteiger partial charge in [0.25, 0.3) is 11.5 Å². The number of amides is 1. The molecule has 5 heterocycles. The molecule has 0 radical (unpaired) electrons. The molecule has 0 unspecified atom stereocenters. The summed E-state index contributed by atoms with van der Waals surface area (Å²) in [4.78, 5) is 40.2. The Hall–Kier alpha value is -3.75. The fourth-order valence-electron chi connectivity index (χ4n) is 3.73. The predicted octanol–water partition coefficient (Wildman–Crippen LogP) is 1.70. The molecule has 1 aliphatic heterocycles. The van der Waals surface area contributed by atoms with Crippen LogP contribution in [-0.2, 0) is 25.8 Å². The molecular weight excluding hydrogens is 384 g/mol. The first kappa shape index (κ1) is 18.3. The molecule has 0 spiro atoms. The van der Waals surface area contributed by atoms with Crippen molar-refractivity contribution in [3.63, 3.8) is 0 Å². The van der Waals surface area contributed by atoms with Crippen LogP contribution >= 0.6 is 0 Å². The molecule has 5 rings (SSSR count). The molecule has 1 N–H and O–H groups in total. The summed E-state index contributed by atoms with van der Waals surface area (Å²) >= 11 is 0. The lowest BCUT2D eigenvalue weighted by molar-refractivity contribution is 0.0725. The molecule has 1 amide bonds. The number of carbonyl (C=O) groups excluding carboxylic acids is 1. The van der Waals surface area contributed by atoms with Crippen molar-refractivity contribution in [3.8, 4) is 0 Å². The highest BCUT2D eigenvalue weighted by Gasteiger charge is 2.28. The summed E-state index contributed by atoms with van der Waals surface area (Å²) in [6.07, 6.45) is 6.95. The minimum atomic E-state index is -0.402. The van der Waals surface area contributed by atoms with Crippen LogP contribution in [0.25, 0.3) is 5.65 Å². The molecule has 152 valence electrons. The number of rotatable bonds is 4. The highest BCUT2D eigenvalue weighted by molar-refractivity contribution is 5.93. The third kappa shape index (κ3) is 3.28. The number of pyridine rings is 1. The van der Waals surface area contributed by atoms with Crippen LogP contribution in [0.2, 0.25) is 0 Å². The van der Waals surface area contributed by atoms with Crippen LogP contribution in [0.5, 0.6) is 0 Å². The number of carbonyl (C=O) groups is 1. The first-order chi connectivity index (χ1) is 14.6. The normalized spacial score (nSPS) is 13.6. The predicted molar refractivity (Wildman–Crippen MR) is 107 cm³/mol. The van der Waals surface area contributed by atoms with Crippen molar-refractivity contribution in [1.82, 2.24) is 29.5 Å². The smallest absolute Gasteiger partial charge is 0.285 e. The average molecular weight is 404 g/mol. The maximum atomic E-state index is 13.0. The minimum absolute atomic E-state index is 0.0399. The van der Waals surface area contributed by atoms with E-state index in [4.69, 9.17) is 4.42 Å². The summed E-state index contributed by atoms with van der Waals surface area (Å²) in [6.45, 7) is 2.61. The summed E-state index contributed by atoms with van der Waals surface area (Å²) < 4.78 is 7.19. The highest BCUT2D eigenvalue weighted by atomic mass is 16.4. The molecule has 0 atom stereocenters. The number of nitrogens with one attached hydrogen (secondary N) is 1. The standard InChI is InChI=1S/C21H20N6O3/c1-13-9-18-23-11-15(21(29)27(18)25-13)20(28)26-8-6-17-16(12-26)24-19(30-17)5-4-14-3-2-7-22-10-14/h2-3,7,9-11,25H,4-6,8,12H2,1H3. The van der Waals surface area contributed by atoms with Gasteiger partial charge >= 0.3 is 0 Å². The molecule has 0 saturated carbocycles. The van der Waals surface area contributed by atoms with E-state index in [0.29, 0.717) is 37.5 Å². The van der Waals surface area contributed by atoms with E-state index >= 15 is 0 Å². The number of H-pyrrole nitrogens is 1. The number of hydrogen-bond acceptors (Lipinski definition) is 6. The lowest BCUT2D eigenvalue weighted by Crippen LogP contribution is -2.39. The lowest BCUT2D eigenvalue weighted by Gasteiger charge is -2.24. The zero-order chi connectivity index (χ0) is 20.7. The van der Waals surface area contributed by atoms with E-state index in [1.165, 1.54) is 10.7 Å². The van der Waals surface area contributed by atoms with Gasteiger partial charge in [-0.25, -0.2) is 14.5 Å². The van der Waals surface area contributed by atoms with Gasteiger partial charge in [0.15, 0.2) is 11.5 Å². The van der Waals surface area contributed by atoms with Crippen molar-refractivity contribution in [1.29, 1.82) is 0 Å². The van der Waals surface area contributed by atoms with Gasteiger partial charge in [-0.3, -0.25) is 19.7 Å². The summed E-state index contributed by atoms with van der Waals surface area (Å²) in [7, 11) is 0.